The Morgan fingerprint density at radius 1 is 1.04 bits per heavy atom. The molecule has 1 aliphatic rings. The van der Waals surface area contributed by atoms with Crippen LogP contribution in [0.2, 0.25) is 0 Å². The minimum atomic E-state index is 0.742. The summed E-state index contributed by atoms with van der Waals surface area (Å²) in [6.07, 6.45) is 6.41. The number of aromatic nitrogens is 4. The number of rotatable bonds is 4. The van der Waals surface area contributed by atoms with Crippen molar-refractivity contribution in [2.45, 2.75) is 6.42 Å². The minimum absolute atomic E-state index is 0.742. The molecule has 122 valence electrons. The summed E-state index contributed by atoms with van der Waals surface area (Å²) in [4.78, 5) is 11.2. The lowest BCUT2D eigenvalue weighted by Crippen LogP contribution is -2.37. The second-order valence-corrected chi connectivity index (χ2v) is 5.84. The van der Waals surface area contributed by atoms with Crippen molar-refractivity contribution in [3.8, 4) is 11.3 Å². The van der Waals surface area contributed by atoms with Crippen LogP contribution in [0.4, 0.5) is 5.95 Å². The van der Waals surface area contributed by atoms with Gasteiger partial charge in [-0.1, -0.05) is 18.2 Å². The molecule has 24 heavy (non-hydrogen) atoms. The molecular weight excluding hydrogens is 302 g/mol. The van der Waals surface area contributed by atoms with Crippen molar-refractivity contribution in [3.63, 3.8) is 0 Å². The molecule has 1 N–H and O–H groups in total. The lowest BCUT2D eigenvalue weighted by molar-refractivity contribution is 0.122. The molecule has 0 saturated carbocycles. The molecule has 6 nitrogen and oxygen atoms in total. The van der Waals surface area contributed by atoms with Gasteiger partial charge in [-0.2, -0.15) is 5.10 Å². The van der Waals surface area contributed by atoms with Crippen LogP contribution >= 0.6 is 0 Å². The Hall–Kier alpha value is -2.73. The van der Waals surface area contributed by atoms with Crippen molar-refractivity contribution in [1.29, 1.82) is 0 Å². The molecule has 1 aliphatic heterocycles. The van der Waals surface area contributed by atoms with Crippen molar-refractivity contribution >= 4 is 5.95 Å². The van der Waals surface area contributed by atoms with E-state index in [2.05, 4.69) is 49.3 Å². The fourth-order valence-electron chi connectivity index (χ4n) is 2.87. The van der Waals surface area contributed by atoms with Crippen LogP contribution in [0, 0.1) is 0 Å². The van der Waals surface area contributed by atoms with E-state index in [9.17, 15) is 0 Å². The molecule has 0 unspecified atom stereocenters. The molecule has 2 aromatic heterocycles. The molecule has 0 aliphatic carbocycles. The van der Waals surface area contributed by atoms with Gasteiger partial charge in [-0.3, -0.25) is 5.10 Å². The zero-order valence-electron chi connectivity index (χ0n) is 13.4. The van der Waals surface area contributed by atoms with E-state index in [0.29, 0.717) is 0 Å². The second-order valence-electron chi connectivity index (χ2n) is 5.84. The third kappa shape index (κ3) is 3.28. The second kappa shape index (κ2) is 6.80. The van der Waals surface area contributed by atoms with Gasteiger partial charge >= 0.3 is 0 Å². The van der Waals surface area contributed by atoms with Gasteiger partial charge in [0.05, 0.1) is 18.9 Å². The quantitative estimate of drug-likeness (QED) is 0.798. The van der Waals surface area contributed by atoms with Crippen LogP contribution in [0.25, 0.3) is 11.3 Å². The van der Waals surface area contributed by atoms with Gasteiger partial charge in [0.25, 0.3) is 0 Å². The van der Waals surface area contributed by atoms with Crippen molar-refractivity contribution < 1.29 is 4.74 Å². The predicted molar refractivity (Wildman–Crippen MR) is 91.9 cm³/mol. The molecule has 0 bridgehead atoms. The van der Waals surface area contributed by atoms with Crippen LogP contribution in [0.3, 0.4) is 0 Å². The van der Waals surface area contributed by atoms with E-state index in [1.807, 2.05) is 18.5 Å². The molecule has 6 heteroatoms. The monoisotopic (exact) mass is 321 g/mol. The topological polar surface area (TPSA) is 66.9 Å². The normalized spacial score (nSPS) is 14.8. The zero-order valence-corrected chi connectivity index (χ0v) is 13.4. The molecule has 3 heterocycles. The molecule has 4 rings (SSSR count). The van der Waals surface area contributed by atoms with Gasteiger partial charge in [-0.15, -0.1) is 0 Å². The summed E-state index contributed by atoms with van der Waals surface area (Å²) in [6, 6.07) is 10.4. The number of aromatic amines is 1. The molecule has 3 aromatic rings. The maximum absolute atomic E-state index is 5.36. The van der Waals surface area contributed by atoms with Crippen molar-refractivity contribution in [3.05, 3.63) is 60.0 Å². The van der Waals surface area contributed by atoms with E-state index >= 15 is 0 Å². The van der Waals surface area contributed by atoms with Gasteiger partial charge in [0.2, 0.25) is 5.95 Å². The van der Waals surface area contributed by atoms with Gasteiger partial charge in [0, 0.05) is 38.1 Å². The predicted octanol–water partition coefficient (Wildman–Crippen LogP) is 2.29. The Bertz CT molecular complexity index is 779. The Labute approximate surface area is 140 Å². The highest BCUT2D eigenvalue weighted by atomic mass is 16.5. The maximum atomic E-state index is 5.36. The average molecular weight is 321 g/mol. The fourth-order valence-corrected chi connectivity index (χ4v) is 2.87. The first-order chi connectivity index (χ1) is 11.9. The van der Waals surface area contributed by atoms with Crippen molar-refractivity contribution in [2.24, 2.45) is 0 Å². The highest BCUT2D eigenvalue weighted by Crippen LogP contribution is 2.19. The third-order valence-electron chi connectivity index (χ3n) is 4.13. The van der Waals surface area contributed by atoms with Crippen LogP contribution in [0.1, 0.15) is 11.1 Å². The Kier molecular flexibility index (Phi) is 4.20. The van der Waals surface area contributed by atoms with Crippen LogP contribution in [0.15, 0.2) is 48.9 Å². The number of anilines is 1. The summed E-state index contributed by atoms with van der Waals surface area (Å²) in [5, 5.41) is 7.01. The van der Waals surface area contributed by atoms with E-state index in [1.54, 1.807) is 6.20 Å². The first-order valence-corrected chi connectivity index (χ1v) is 8.11. The highest BCUT2D eigenvalue weighted by molar-refractivity contribution is 5.59. The van der Waals surface area contributed by atoms with E-state index < -0.39 is 0 Å². The summed E-state index contributed by atoms with van der Waals surface area (Å²) >= 11 is 0. The molecule has 1 saturated heterocycles. The molecule has 1 fully saturated rings. The van der Waals surface area contributed by atoms with Gasteiger partial charge in [0.15, 0.2) is 0 Å². The van der Waals surface area contributed by atoms with Gasteiger partial charge in [-0.25, -0.2) is 9.97 Å². The maximum Gasteiger partial charge on any atom is 0.225 e. The summed E-state index contributed by atoms with van der Waals surface area (Å²) < 4.78 is 5.36. The summed E-state index contributed by atoms with van der Waals surface area (Å²) in [5.41, 5.74) is 4.49. The average Bonchev–Trinajstić information content (AvgIpc) is 3.18. The van der Waals surface area contributed by atoms with Crippen LogP contribution < -0.4 is 4.90 Å². The molecule has 0 atom stereocenters. The van der Waals surface area contributed by atoms with Crippen molar-refractivity contribution in [2.75, 3.05) is 31.2 Å². The summed E-state index contributed by atoms with van der Waals surface area (Å²) in [6.45, 7) is 3.19. The summed E-state index contributed by atoms with van der Waals surface area (Å²) in [5.74, 6) is 0.785. The van der Waals surface area contributed by atoms with Crippen LogP contribution in [0.5, 0.6) is 0 Å². The fraction of sp³-hybridized carbons (Fsp3) is 0.278. The summed E-state index contributed by atoms with van der Waals surface area (Å²) in [7, 11) is 0. The lowest BCUT2D eigenvalue weighted by Gasteiger charge is -2.26. The number of hydrogen-bond acceptors (Lipinski definition) is 5. The Morgan fingerprint density at radius 3 is 2.62 bits per heavy atom. The molecule has 1 aromatic carbocycles. The number of benzene rings is 1. The largest absolute Gasteiger partial charge is 0.378 e. The lowest BCUT2D eigenvalue weighted by atomic mass is 10.0. The third-order valence-corrected chi connectivity index (χ3v) is 4.13. The molecule has 0 amide bonds. The van der Waals surface area contributed by atoms with Gasteiger partial charge in [0.1, 0.15) is 0 Å². The smallest absolute Gasteiger partial charge is 0.225 e. The molecule has 0 spiro atoms. The van der Waals surface area contributed by atoms with Gasteiger partial charge < -0.3 is 9.64 Å². The molecule has 0 radical (unpaired) electrons. The minimum Gasteiger partial charge on any atom is -0.378 e. The number of morpholine rings is 1. The van der Waals surface area contributed by atoms with Gasteiger partial charge in [-0.05, 0) is 28.8 Å². The highest BCUT2D eigenvalue weighted by Gasteiger charge is 2.13. The first-order valence-electron chi connectivity index (χ1n) is 8.11. The van der Waals surface area contributed by atoms with Crippen molar-refractivity contribution in [1.82, 2.24) is 20.2 Å². The standard InChI is InChI=1S/C18H19N5O/c1-2-14(11-16(3-1)17-4-5-21-22-17)10-15-12-19-18(20-13-15)23-6-8-24-9-7-23/h1-5,11-13H,6-10H2,(H,21,22). The number of ether oxygens (including phenoxy) is 1. The Morgan fingerprint density at radius 2 is 1.88 bits per heavy atom. The zero-order chi connectivity index (χ0) is 16.2. The van der Waals surface area contributed by atoms with Crippen LogP contribution in [-0.2, 0) is 11.2 Å². The van der Waals surface area contributed by atoms with E-state index in [1.165, 1.54) is 5.56 Å². The number of H-pyrrole nitrogens is 1. The molecular formula is C18H19N5O. The number of hydrogen-bond donors (Lipinski definition) is 1. The first kappa shape index (κ1) is 14.8. The van der Waals surface area contributed by atoms with E-state index in [0.717, 1.165) is 55.5 Å². The number of nitrogens with one attached hydrogen (secondary N) is 1. The van der Waals surface area contributed by atoms with E-state index in [4.69, 9.17) is 4.74 Å². The van der Waals surface area contributed by atoms with Crippen LogP contribution in [-0.4, -0.2) is 46.5 Å². The number of nitrogens with zero attached hydrogens (tertiary/aromatic N) is 4. The SMILES string of the molecule is c1cc(Cc2cnc(N3CCOCC3)nc2)cc(-c2ccn[nH]2)c1. The Balaban J connectivity index is 1.48. The van der Waals surface area contributed by atoms with E-state index in [-0.39, 0.29) is 0 Å².